The highest BCUT2D eigenvalue weighted by molar-refractivity contribution is 7.99. The molecule has 1 N–H and O–H groups in total. The van der Waals surface area contributed by atoms with Crippen LogP contribution in [0.1, 0.15) is 56.6 Å². The van der Waals surface area contributed by atoms with E-state index in [1.165, 1.54) is 12.1 Å². The zero-order chi connectivity index (χ0) is 32.4. The molecule has 0 aromatic heterocycles. The molecular formula is C32H29F6N3O3S. The van der Waals surface area contributed by atoms with Crippen LogP contribution in [0.15, 0.2) is 72.8 Å². The molecule has 1 fully saturated rings. The third-order valence-corrected chi connectivity index (χ3v) is 8.86. The maximum atomic E-state index is 14.0. The Labute approximate surface area is 259 Å². The molecule has 0 bridgehead atoms. The van der Waals surface area contributed by atoms with Crippen molar-refractivity contribution in [2.75, 3.05) is 31.1 Å². The fraction of sp³-hybridized carbons (Fsp3) is 0.344. The average Bonchev–Trinajstić information content (AvgIpc) is 3.02. The molecular weight excluding hydrogens is 620 g/mol. The van der Waals surface area contributed by atoms with Crippen LogP contribution in [-0.2, 0) is 28.5 Å². The predicted molar refractivity (Wildman–Crippen MR) is 156 cm³/mol. The molecule has 3 aromatic rings. The topological polar surface area (TPSA) is 69.7 Å². The molecule has 0 radical (unpaired) electrons. The van der Waals surface area contributed by atoms with Gasteiger partial charge in [-0.1, -0.05) is 48.5 Å². The number of thioether (sulfide) groups is 1. The minimum absolute atomic E-state index is 0.00874. The summed E-state index contributed by atoms with van der Waals surface area (Å²) in [5, 5.41) is 2.75. The molecule has 45 heavy (non-hydrogen) atoms. The van der Waals surface area contributed by atoms with Crippen molar-refractivity contribution in [3.05, 3.63) is 106 Å². The van der Waals surface area contributed by atoms with Gasteiger partial charge in [0, 0.05) is 49.7 Å². The van der Waals surface area contributed by atoms with Crippen LogP contribution in [0, 0.1) is 0 Å². The smallest absolute Gasteiger partial charge is 0.351 e. The molecule has 3 amide bonds. The summed E-state index contributed by atoms with van der Waals surface area (Å²) in [6, 6.07) is 14.3. The van der Waals surface area contributed by atoms with Gasteiger partial charge in [-0.05, 0) is 41.0 Å². The minimum atomic E-state index is -5.15. The van der Waals surface area contributed by atoms with E-state index in [0.717, 1.165) is 16.4 Å². The fourth-order valence-corrected chi connectivity index (χ4v) is 6.63. The van der Waals surface area contributed by atoms with Gasteiger partial charge < -0.3 is 15.1 Å². The van der Waals surface area contributed by atoms with Gasteiger partial charge in [-0.25, -0.2) is 0 Å². The highest BCUT2D eigenvalue weighted by Crippen LogP contribution is 2.46. The summed E-state index contributed by atoms with van der Waals surface area (Å²) < 4.78 is 83.8. The van der Waals surface area contributed by atoms with Crippen LogP contribution < -0.4 is 5.32 Å². The van der Waals surface area contributed by atoms with E-state index < -0.39 is 52.8 Å². The summed E-state index contributed by atoms with van der Waals surface area (Å²) in [6.45, 7) is 0.675. The number of carbonyl (C=O) groups excluding carboxylic acids is 3. The Bertz CT molecular complexity index is 1530. The second kappa shape index (κ2) is 13.2. The number of amides is 3. The van der Waals surface area contributed by atoms with Crippen molar-refractivity contribution in [3.8, 4) is 0 Å². The largest absolute Gasteiger partial charge is 0.416 e. The molecule has 2 atom stereocenters. The van der Waals surface area contributed by atoms with Crippen molar-refractivity contribution in [1.82, 2.24) is 15.1 Å². The zero-order valence-electron chi connectivity index (χ0n) is 23.8. The van der Waals surface area contributed by atoms with Crippen LogP contribution in [-0.4, -0.2) is 58.7 Å². The molecule has 0 aliphatic carbocycles. The van der Waals surface area contributed by atoms with Crippen LogP contribution in [0.4, 0.5) is 26.3 Å². The molecule has 3 aromatic carbocycles. The number of hydrogen-bond donors (Lipinski definition) is 1. The van der Waals surface area contributed by atoms with Crippen LogP contribution in [0.5, 0.6) is 0 Å². The van der Waals surface area contributed by atoms with Gasteiger partial charge in [-0.15, -0.1) is 0 Å². The highest BCUT2D eigenvalue weighted by atomic mass is 32.2. The molecule has 1 saturated heterocycles. The van der Waals surface area contributed by atoms with E-state index in [1.54, 1.807) is 59.1 Å². The molecule has 0 saturated carbocycles. The number of nitrogens with one attached hydrogen (secondary N) is 1. The van der Waals surface area contributed by atoms with Gasteiger partial charge in [0.05, 0.1) is 23.1 Å². The van der Waals surface area contributed by atoms with Gasteiger partial charge in [-0.3, -0.25) is 14.4 Å². The van der Waals surface area contributed by atoms with Crippen molar-refractivity contribution in [2.24, 2.45) is 0 Å². The van der Waals surface area contributed by atoms with E-state index in [0.29, 0.717) is 30.8 Å². The van der Waals surface area contributed by atoms with Crippen molar-refractivity contribution in [1.29, 1.82) is 0 Å². The van der Waals surface area contributed by atoms with E-state index in [1.807, 2.05) is 0 Å². The normalized spacial score (nSPS) is 18.8. The van der Waals surface area contributed by atoms with Gasteiger partial charge in [0.2, 0.25) is 11.8 Å². The maximum absolute atomic E-state index is 14.0. The number of halogens is 6. The first-order valence-corrected chi connectivity index (χ1v) is 15.4. The Morgan fingerprint density at radius 2 is 1.44 bits per heavy atom. The van der Waals surface area contributed by atoms with Gasteiger partial charge >= 0.3 is 12.4 Å². The van der Waals surface area contributed by atoms with Gasteiger partial charge in [-0.2, -0.15) is 38.1 Å². The first-order valence-electron chi connectivity index (χ1n) is 14.2. The number of benzene rings is 3. The van der Waals surface area contributed by atoms with Crippen LogP contribution >= 0.6 is 11.8 Å². The van der Waals surface area contributed by atoms with Gasteiger partial charge in [0.1, 0.15) is 0 Å². The lowest BCUT2D eigenvalue weighted by Gasteiger charge is -2.42. The van der Waals surface area contributed by atoms with Crippen molar-refractivity contribution < 1.29 is 40.7 Å². The Balaban J connectivity index is 1.62. The minimum Gasteiger partial charge on any atom is -0.351 e. The van der Waals surface area contributed by atoms with Crippen LogP contribution in [0.2, 0.25) is 0 Å². The number of rotatable bonds is 7. The Morgan fingerprint density at radius 3 is 2.07 bits per heavy atom. The van der Waals surface area contributed by atoms with Crippen LogP contribution in [0.25, 0.3) is 0 Å². The second-order valence-electron chi connectivity index (χ2n) is 10.8. The molecule has 238 valence electrons. The van der Waals surface area contributed by atoms with Crippen molar-refractivity contribution in [2.45, 2.75) is 37.3 Å². The predicted octanol–water partition coefficient (Wildman–Crippen LogP) is 6.29. The summed E-state index contributed by atoms with van der Waals surface area (Å²) in [4.78, 5) is 43.6. The molecule has 5 rings (SSSR count). The summed E-state index contributed by atoms with van der Waals surface area (Å²) >= 11 is 1.68. The summed E-state index contributed by atoms with van der Waals surface area (Å²) in [7, 11) is 0. The molecule has 2 aliphatic rings. The molecule has 2 heterocycles. The van der Waals surface area contributed by atoms with E-state index in [4.69, 9.17) is 0 Å². The highest BCUT2D eigenvalue weighted by Gasteiger charge is 2.46. The summed E-state index contributed by atoms with van der Waals surface area (Å²) in [5.74, 6) is -1.63. The van der Waals surface area contributed by atoms with Crippen molar-refractivity contribution >= 4 is 29.5 Å². The molecule has 2 unspecified atom stereocenters. The number of fused-ring (bicyclic) bond motifs is 1. The second-order valence-corrected chi connectivity index (χ2v) is 12.0. The number of alkyl halides is 6. The lowest BCUT2D eigenvalue weighted by atomic mass is 9.78. The third kappa shape index (κ3) is 7.29. The van der Waals surface area contributed by atoms with E-state index in [9.17, 15) is 40.7 Å². The Kier molecular flexibility index (Phi) is 9.47. The number of hydrogen-bond acceptors (Lipinski definition) is 4. The standard InChI is InChI=1S/C32H29F6N3O3S/c33-31(34,35)22-16-21(17-23(18-22)32(36,37)38)28-27(29(43)39-19-20-6-2-1-3-7-20)24-8-4-5-9-25(24)30(44)41(28)11-10-26(42)40-12-14-45-15-13-40/h1-9,16-18,27-28H,10-15,19H2,(H,39,43). The van der Waals surface area contributed by atoms with E-state index in [2.05, 4.69) is 5.32 Å². The lowest BCUT2D eigenvalue weighted by Crippen LogP contribution is -2.49. The summed E-state index contributed by atoms with van der Waals surface area (Å²) in [6.07, 6.45) is -10.5. The molecule has 13 heteroatoms. The first-order chi connectivity index (χ1) is 21.3. The van der Waals surface area contributed by atoms with Crippen LogP contribution in [0.3, 0.4) is 0 Å². The quantitative estimate of drug-likeness (QED) is 0.306. The monoisotopic (exact) mass is 649 g/mol. The maximum Gasteiger partial charge on any atom is 0.416 e. The van der Waals surface area contributed by atoms with Crippen molar-refractivity contribution in [3.63, 3.8) is 0 Å². The molecule has 2 aliphatic heterocycles. The van der Waals surface area contributed by atoms with Gasteiger partial charge in [0.25, 0.3) is 5.91 Å². The zero-order valence-corrected chi connectivity index (χ0v) is 24.6. The van der Waals surface area contributed by atoms with Gasteiger partial charge in [0.15, 0.2) is 0 Å². The fourth-order valence-electron chi connectivity index (χ4n) is 5.72. The summed E-state index contributed by atoms with van der Waals surface area (Å²) in [5.41, 5.74) is -2.68. The third-order valence-electron chi connectivity index (χ3n) is 7.91. The van der Waals surface area contributed by atoms with E-state index >= 15 is 0 Å². The number of carbonyl (C=O) groups is 3. The lowest BCUT2D eigenvalue weighted by molar-refractivity contribution is -0.143. The van der Waals surface area contributed by atoms with E-state index in [-0.39, 0.29) is 42.6 Å². The SMILES string of the molecule is O=C(NCc1ccccc1)C1c2ccccc2C(=O)N(CCC(=O)N2CCSCC2)C1c1cc(C(F)(F)F)cc(C(F)(F)F)c1. The molecule has 0 spiro atoms. The first kappa shape index (κ1) is 32.4. The average molecular weight is 650 g/mol. The number of nitrogens with zero attached hydrogens (tertiary/aromatic N) is 2. The molecule has 6 nitrogen and oxygen atoms in total. The Hall–Kier alpha value is -4.00. The Morgan fingerprint density at radius 1 is 0.844 bits per heavy atom.